The fraction of sp³-hybridized carbons (Fsp3) is 0.250. The highest BCUT2D eigenvalue weighted by Gasteiger charge is 1.96. The molecule has 1 aromatic rings. The first-order valence-corrected chi connectivity index (χ1v) is 3.36. The van der Waals surface area contributed by atoms with Crippen LogP contribution in [0.15, 0.2) is 24.3 Å². The number of nitrogens with one attached hydrogen (secondary N) is 1. The zero-order valence-corrected chi connectivity index (χ0v) is 6.39. The number of benzene rings is 1. The molecule has 2 heteroatoms. The van der Waals surface area contributed by atoms with Gasteiger partial charge < -0.3 is 10.6 Å². The summed E-state index contributed by atoms with van der Waals surface area (Å²) in [7, 11) is 4.18. The topological polar surface area (TPSA) is 30.5 Å². The third-order valence-electron chi connectivity index (χ3n) is 1.49. The van der Waals surface area contributed by atoms with Gasteiger partial charge in [0.15, 0.2) is 0 Å². The molecule has 1 rings (SSSR count). The van der Waals surface area contributed by atoms with Crippen LogP contribution < -0.4 is 10.6 Å². The van der Waals surface area contributed by atoms with Gasteiger partial charge in [-0.3, -0.25) is 0 Å². The minimum absolute atomic E-state index is 0.824. The van der Waals surface area contributed by atoms with Gasteiger partial charge in [0.25, 0.3) is 0 Å². The first-order valence-electron chi connectivity index (χ1n) is 3.36. The van der Waals surface area contributed by atoms with Crippen molar-refractivity contribution in [2.24, 2.45) is 0 Å². The van der Waals surface area contributed by atoms with Crippen molar-refractivity contribution in [1.82, 2.24) is 0 Å². The number of quaternary nitrogens is 1. The largest absolute Gasteiger partial charge is 0.399 e. The van der Waals surface area contributed by atoms with Crippen LogP contribution in [0.4, 0.5) is 11.4 Å². The Balaban J connectivity index is 2.89. The Hall–Kier alpha value is -1.02. The maximum Gasteiger partial charge on any atom is 0.130 e. The number of nitrogen functional groups attached to an aromatic ring is 1. The summed E-state index contributed by atoms with van der Waals surface area (Å²) >= 11 is 0. The van der Waals surface area contributed by atoms with Crippen LogP contribution in [0.5, 0.6) is 0 Å². The van der Waals surface area contributed by atoms with Crippen LogP contribution >= 0.6 is 0 Å². The smallest absolute Gasteiger partial charge is 0.130 e. The monoisotopic (exact) mass is 137 g/mol. The molecule has 0 fully saturated rings. The van der Waals surface area contributed by atoms with Crippen molar-refractivity contribution in [1.29, 1.82) is 0 Å². The van der Waals surface area contributed by atoms with Crippen molar-refractivity contribution in [2.75, 3.05) is 19.8 Å². The second-order valence-corrected chi connectivity index (χ2v) is 2.62. The average Bonchev–Trinajstić information content (AvgIpc) is 1.88. The van der Waals surface area contributed by atoms with Crippen LogP contribution in [-0.4, -0.2) is 14.1 Å². The Morgan fingerprint density at radius 3 is 2.00 bits per heavy atom. The molecule has 0 saturated carbocycles. The summed E-state index contributed by atoms with van der Waals surface area (Å²) in [4.78, 5) is 1.32. The van der Waals surface area contributed by atoms with Crippen LogP contribution in [-0.2, 0) is 0 Å². The van der Waals surface area contributed by atoms with Gasteiger partial charge in [0.05, 0.1) is 14.1 Å². The van der Waals surface area contributed by atoms with Gasteiger partial charge in [-0.1, -0.05) is 0 Å². The summed E-state index contributed by atoms with van der Waals surface area (Å²) < 4.78 is 0. The molecule has 54 valence electrons. The molecule has 0 bridgehead atoms. The highest BCUT2D eigenvalue weighted by Crippen LogP contribution is 2.04. The maximum absolute atomic E-state index is 5.52. The van der Waals surface area contributed by atoms with E-state index in [2.05, 4.69) is 14.1 Å². The standard InChI is InChI=1S/C8H12N2/c1-10(2)8-5-3-7(9)4-6-8/h3-6H,9H2,1-2H3/p+1. The number of hydrogen-bond acceptors (Lipinski definition) is 1. The van der Waals surface area contributed by atoms with Crippen molar-refractivity contribution in [3.05, 3.63) is 24.3 Å². The van der Waals surface area contributed by atoms with Crippen molar-refractivity contribution in [2.45, 2.75) is 0 Å². The van der Waals surface area contributed by atoms with Gasteiger partial charge in [-0.15, -0.1) is 0 Å². The lowest BCUT2D eigenvalue weighted by Gasteiger charge is -2.05. The second kappa shape index (κ2) is 2.71. The highest BCUT2D eigenvalue weighted by molar-refractivity contribution is 5.44. The maximum atomic E-state index is 5.52. The molecular weight excluding hydrogens is 124 g/mol. The molecule has 0 spiro atoms. The van der Waals surface area contributed by atoms with E-state index < -0.39 is 0 Å². The minimum atomic E-state index is 0.824. The molecule has 3 N–H and O–H groups in total. The molecule has 10 heavy (non-hydrogen) atoms. The van der Waals surface area contributed by atoms with E-state index in [9.17, 15) is 0 Å². The molecule has 0 aliphatic rings. The Morgan fingerprint density at radius 2 is 1.60 bits per heavy atom. The zero-order valence-electron chi connectivity index (χ0n) is 6.39. The molecule has 0 saturated heterocycles. The molecule has 0 atom stereocenters. The third-order valence-corrected chi connectivity index (χ3v) is 1.49. The number of rotatable bonds is 1. The average molecular weight is 137 g/mol. The molecule has 0 unspecified atom stereocenters. The zero-order chi connectivity index (χ0) is 7.56. The number of hydrogen-bond donors (Lipinski definition) is 2. The Bertz CT molecular complexity index is 201. The van der Waals surface area contributed by atoms with Crippen molar-refractivity contribution in [3.63, 3.8) is 0 Å². The normalized spacial score (nSPS) is 10.3. The Morgan fingerprint density at radius 1 is 1.10 bits per heavy atom. The van der Waals surface area contributed by atoms with E-state index in [1.165, 1.54) is 10.6 Å². The van der Waals surface area contributed by atoms with Gasteiger partial charge in [-0.2, -0.15) is 0 Å². The lowest BCUT2D eigenvalue weighted by Crippen LogP contribution is -3.00. The van der Waals surface area contributed by atoms with E-state index in [1.54, 1.807) is 0 Å². The summed E-state index contributed by atoms with van der Waals surface area (Å²) in [6.07, 6.45) is 0. The summed E-state index contributed by atoms with van der Waals surface area (Å²) in [5.41, 5.74) is 7.60. The van der Waals surface area contributed by atoms with E-state index >= 15 is 0 Å². The van der Waals surface area contributed by atoms with Crippen molar-refractivity contribution in [3.8, 4) is 0 Å². The predicted molar refractivity (Wildman–Crippen MR) is 43.3 cm³/mol. The molecule has 1 aromatic carbocycles. The van der Waals surface area contributed by atoms with Crippen LogP contribution in [0.1, 0.15) is 0 Å². The van der Waals surface area contributed by atoms with Crippen LogP contribution in [0.25, 0.3) is 0 Å². The summed E-state index contributed by atoms with van der Waals surface area (Å²) in [5, 5.41) is 0. The van der Waals surface area contributed by atoms with Crippen LogP contribution in [0.3, 0.4) is 0 Å². The Kier molecular flexibility index (Phi) is 1.92. The molecule has 0 radical (unpaired) electrons. The Labute approximate surface area is 61.3 Å². The fourth-order valence-electron chi connectivity index (χ4n) is 0.816. The molecular formula is C8H13N2+. The highest BCUT2D eigenvalue weighted by atomic mass is 15.1. The SMILES string of the molecule is C[NH+](C)c1ccc(N)cc1. The lowest BCUT2D eigenvalue weighted by molar-refractivity contribution is -0.786. The fourth-order valence-corrected chi connectivity index (χ4v) is 0.816. The van der Waals surface area contributed by atoms with Crippen LogP contribution in [0, 0.1) is 0 Å². The first kappa shape index (κ1) is 7.09. The quantitative estimate of drug-likeness (QED) is 0.526. The first-order chi connectivity index (χ1) is 4.70. The number of anilines is 1. The summed E-state index contributed by atoms with van der Waals surface area (Å²) in [6.45, 7) is 0. The van der Waals surface area contributed by atoms with Crippen LogP contribution in [0.2, 0.25) is 0 Å². The molecule has 0 aliphatic heterocycles. The summed E-state index contributed by atoms with van der Waals surface area (Å²) in [6, 6.07) is 7.90. The van der Waals surface area contributed by atoms with Gasteiger partial charge in [0, 0.05) is 17.8 Å². The summed E-state index contributed by atoms with van der Waals surface area (Å²) in [5.74, 6) is 0. The minimum Gasteiger partial charge on any atom is -0.399 e. The van der Waals surface area contributed by atoms with E-state index in [1.807, 2.05) is 24.3 Å². The van der Waals surface area contributed by atoms with E-state index in [4.69, 9.17) is 5.73 Å². The van der Waals surface area contributed by atoms with Gasteiger partial charge in [-0.05, 0) is 12.1 Å². The molecule has 0 aromatic heterocycles. The van der Waals surface area contributed by atoms with E-state index in [0.717, 1.165) is 5.69 Å². The third kappa shape index (κ3) is 1.48. The van der Waals surface area contributed by atoms with E-state index in [0.29, 0.717) is 0 Å². The van der Waals surface area contributed by atoms with Gasteiger partial charge in [0.1, 0.15) is 5.69 Å². The molecule has 0 heterocycles. The van der Waals surface area contributed by atoms with Crippen molar-refractivity contribution >= 4 is 11.4 Å². The van der Waals surface area contributed by atoms with Gasteiger partial charge in [0.2, 0.25) is 0 Å². The second-order valence-electron chi connectivity index (χ2n) is 2.62. The van der Waals surface area contributed by atoms with Gasteiger partial charge in [-0.25, -0.2) is 0 Å². The molecule has 2 nitrogen and oxygen atoms in total. The number of nitrogens with two attached hydrogens (primary N) is 1. The predicted octanol–water partition coefficient (Wildman–Crippen LogP) is 0.0448. The van der Waals surface area contributed by atoms with Gasteiger partial charge >= 0.3 is 0 Å². The van der Waals surface area contributed by atoms with E-state index in [-0.39, 0.29) is 0 Å². The molecule has 0 aliphatic carbocycles. The molecule has 0 amide bonds. The van der Waals surface area contributed by atoms with Crippen molar-refractivity contribution < 1.29 is 4.90 Å². The lowest BCUT2D eigenvalue weighted by atomic mass is 10.3.